The molecule has 6 nitrogen and oxygen atoms in total. The fourth-order valence-corrected chi connectivity index (χ4v) is 8.16. The highest BCUT2D eigenvalue weighted by molar-refractivity contribution is 7.94. The maximum Gasteiger partial charge on any atom is 0.352 e. The van der Waals surface area contributed by atoms with Crippen molar-refractivity contribution in [3.63, 3.8) is 0 Å². The monoisotopic (exact) mass is 730 g/mol. The van der Waals surface area contributed by atoms with E-state index in [9.17, 15) is 26.0 Å². The maximum absolute atomic E-state index is 17.0. The van der Waals surface area contributed by atoms with Crippen LogP contribution in [0, 0.1) is 0 Å². The summed E-state index contributed by atoms with van der Waals surface area (Å²) in [6.07, 6.45) is -11.5. The van der Waals surface area contributed by atoms with Crippen molar-refractivity contribution >= 4 is 21.2 Å². The first-order chi connectivity index (χ1) is 20.8. The normalized spacial score (nSPS) is 42.5. The van der Waals surface area contributed by atoms with Gasteiger partial charge in [0.15, 0.2) is 0 Å². The van der Waals surface area contributed by atoms with Crippen molar-refractivity contribution in [1.29, 1.82) is 0 Å². The molecule has 0 aliphatic heterocycles. The molecule has 2 aromatic carbocycles. The summed E-state index contributed by atoms with van der Waals surface area (Å²) >= 11 is 0. The first kappa shape index (κ1) is 36.6. The molecule has 2 fully saturated rings. The number of sulfone groups is 1. The molecule has 8 N–H and O–H groups in total. The maximum atomic E-state index is 17.0. The number of halogens is 16. The lowest BCUT2D eigenvalue weighted by atomic mass is 9.69. The summed E-state index contributed by atoms with van der Waals surface area (Å²) in [7, 11) is -9.47. The summed E-state index contributed by atoms with van der Waals surface area (Å²) in [5, 5.41) is -15.6. The van der Waals surface area contributed by atoms with Gasteiger partial charge in [-0.15, -0.1) is 0 Å². The van der Waals surface area contributed by atoms with Gasteiger partial charge in [0.2, 0.25) is 33.5 Å². The Bertz CT molecular complexity index is 1580. The van der Waals surface area contributed by atoms with Gasteiger partial charge in [-0.2, -0.15) is 35.1 Å². The zero-order valence-corrected chi connectivity index (χ0v) is 23.2. The second kappa shape index (κ2) is 9.48. The van der Waals surface area contributed by atoms with Crippen molar-refractivity contribution in [2.45, 2.75) is 69.0 Å². The van der Waals surface area contributed by atoms with Crippen LogP contribution in [0.4, 0.5) is 81.6 Å². The molecular formula is C24H18F16N4O2S. The van der Waals surface area contributed by atoms with Crippen molar-refractivity contribution in [3.05, 3.63) is 59.7 Å². The first-order valence-corrected chi connectivity index (χ1v) is 13.8. The van der Waals surface area contributed by atoms with Crippen LogP contribution >= 0.6 is 0 Å². The van der Waals surface area contributed by atoms with E-state index in [2.05, 4.69) is 11.5 Å². The molecule has 2 aromatic rings. The lowest BCUT2D eigenvalue weighted by molar-refractivity contribution is -0.374. The molecule has 2 aliphatic carbocycles. The van der Waals surface area contributed by atoms with Gasteiger partial charge in [0.05, 0.1) is 0 Å². The minimum absolute atomic E-state index is 0.200. The number of benzene rings is 2. The van der Waals surface area contributed by atoms with Gasteiger partial charge in [-0.25, -0.2) is 43.5 Å². The van der Waals surface area contributed by atoms with Gasteiger partial charge in [-0.05, 0) is 35.4 Å². The molecule has 8 unspecified atom stereocenters. The molecule has 4 rings (SSSR count). The third-order valence-corrected chi connectivity index (χ3v) is 11.0. The van der Waals surface area contributed by atoms with Crippen molar-refractivity contribution in [2.75, 3.05) is 11.5 Å². The minimum Gasteiger partial charge on any atom is -0.399 e. The lowest BCUT2D eigenvalue weighted by Gasteiger charge is -2.59. The van der Waals surface area contributed by atoms with Crippen LogP contribution in [0.1, 0.15) is 11.1 Å². The smallest absolute Gasteiger partial charge is 0.352 e. The highest BCUT2D eigenvalue weighted by Crippen LogP contribution is 2.74. The van der Waals surface area contributed by atoms with Crippen LogP contribution in [0.25, 0.3) is 0 Å². The lowest BCUT2D eigenvalue weighted by Crippen LogP contribution is -2.91. The number of nitrogens with two attached hydrogens (primary N) is 4. The van der Waals surface area contributed by atoms with E-state index >= 15 is 52.7 Å². The highest BCUT2D eigenvalue weighted by atomic mass is 32.2. The molecule has 2 aliphatic rings. The molecule has 0 amide bonds. The number of alkyl halides is 16. The van der Waals surface area contributed by atoms with Gasteiger partial charge < -0.3 is 11.5 Å². The Morgan fingerprint density at radius 1 is 0.489 bits per heavy atom. The topological polar surface area (TPSA) is 138 Å². The number of hydrogen-bond donors (Lipinski definition) is 4. The van der Waals surface area contributed by atoms with E-state index in [1.807, 2.05) is 0 Å². The number of nitrogen functional groups attached to an aromatic ring is 2. The molecule has 0 heterocycles. The standard InChI is InChI=1S/C24H18F16N4O2S/c25-13-15(27,9-1-5-11(41)6-2-9)23(39,19(33,34)21(37,43)17(13,29)30)47(45,46)24(40)16(28,10-3-7-12(42)8-4-10)14(26)18(31,32)22(38,44)20(24,35)36/h1-8,13-14H,41-44H2. The van der Waals surface area contributed by atoms with E-state index in [1.54, 1.807) is 0 Å². The third-order valence-electron chi connectivity index (χ3n) is 8.36. The Hall–Kier alpha value is -3.21. The van der Waals surface area contributed by atoms with Crippen LogP contribution in [-0.2, 0) is 21.2 Å². The molecule has 23 heteroatoms. The molecule has 0 bridgehead atoms. The second-order valence-corrected chi connectivity index (χ2v) is 13.0. The number of anilines is 2. The van der Waals surface area contributed by atoms with Gasteiger partial charge in [0.25, 0.3) is 11.6 Å². The Kier molecular flexibility index (Phi) is 7.39. The van der Waals surface area contributed by atoms with E-state index < -0.39 is 101 Å². The zero-order chi connectivity index (χ0) is 36.6. The first-order valence-electron chi connectivity index (χ1n) is 12.3. The zero-order valence-electron chi connectivity index (χ0n) is 22.4. The van der Waals surface area contributed by atoms with Crippen LogP contribution in [0.2, 0.25) is 0 Å². The summed E-state index contributed by atoms with van der Waals surface area (Å²) in [5.74, 6) is -43.1. The fourth-order valence-electron chi connectivity index (χ4n) is 5.58. The molecular weight excluding hydrogens is 712 g/mol. The number of rotatable bonds is 4. The molecule has 2 saturated carbocycles. The predicted molar refractivity (Wildman–Crippen MR) is 130 cm³/mol. The summed E-state index contributed by atoms with van der Waals surface area (Å²) in [4.78, 5) is 0. The Balaban J connectivity index is 2.31. The van der Waals surface area contributed by atoms with Crippen LogP contribution < -0.4 is 22.9 Å². The van der Waals surface area contributed by atoms with Gasteiger partial charge in [-0.1, -0.05) is 24.3 Å². The largest absolute Gasteiger partial charge is 0.399 e. The number of hydrogen-bond acceptors (Lipinski definition) is 6. The van der Waals surface area contributed by atoms with Crippen molar-refractivity contribution in [3.8, 4) is 0 Å². The van der Waals surface area contributed by atoms with E-state index in [4.69, 9.17) is 11.5 Å². The van der Waals surface area contributed by atoms with E-state index in [1.165, 1.54) is 0 Å². The highest BCUT2D eigenvalue weighted by Gasteiger charge is 3.03. The van der Waals surface area contributed by atoms with Crippen LogP contribution in [-0.4, -0.2) is 66.0 Å². The molecule has 0 aromatic heterocycles. The summed E-state index contributed by atoms with van der Waals surface area (Å²) in [5.41, 5.74) is -0.999. The van der Waals surface area contributed by atoms with Crippen molar-refractivity contribution in [1.82, 2.24) is 0 Å². The molecule has 0 saturated heterocycles. The van der Waals surface area contributed by atoms with Gasteiger partial charge in [0, 0.05) is 11.4 Å². The average molecular weight is 730 g/mol. The van der Waals surface area contributed by atoms with Gasteiger partial charge in [-0.3, -0.25) is 11.5 Å². The van der Waals surface area contributed by atoms with Crippen molar-refractivity contribution < 1.29 is 78.7 Å². The Morgan fingerprint density at radius 3 is 0.957 bits per heavy atom. The van der Waals surface area contributed by atoms with Crippen LogP contribution in [0.3, 0.4) is 0 Å². The van der Waals surface area contributed by atoms with Gasteiger partial charge >= 0.3 is 33.7 Å². The minimum atomic E-state index is -9.47. The summed E-state index contributed by atoms with van der Waals surface area (Å²) in [6, 6.07) is -0.365. The molecule has 264 valence electrons. The molecule has 8 atom stereocenters. The second-order valence-electron chi connectivity index (χ2n) is 10.9. The summed E-state index contributed by atoms with van der Waals surface area (Å²) in [6.45, 7) is 0. The average Bonchev–Trinajstić information content (AvgIpc) is 2.97. The van der Waals surface area contributed by atoms with Crippen LogP contribution in [0.5, 0.6) is 0 Å². The SMILES string of the molecule is Nc1ccc(C2(F)C(F)C(F)(F)C(N)(F)C(F)(F)C2(F)S(=O)(=O)C2(F)C(F)(c3ccc(N)cc3)C(F)C(F)(F)C(N)(F)C2(F)F)cc1. The van der Waals surface area contributed by atoms with E-state index in [0.717, 1.165) is 0 Å². The van der Waals surface area contributed by atoms with E-state index in [0.29, 0.717) is 0 Å². The quantitative estimate of drug-likeness (QED) is 0.196. The van der Waals surface area contributed by atoms with Gasteiger partial charge in [0.1, 0.15) is 0 Å². The predicted octanol–water partition coefficient (Wildman–Crippen LogP) is 5.12. The van der Waals surface area contributed by atoms with Crippen LogP contribution in [0.15, 0.2) is 48.5 Å². The van der Waals surface area contributed by atoms with E-state index in [-0.39, 0.29) is 48.5 Å². The summed E-state index contributed by atoms with van der Waals surface area (Å²) < 4.78 is 278. The third kappa shape index (κ3) is 3.49. The fraction of sp³-hybridized carbons (Fsp3) is 0.500. The van der Waals surface area contributed by atoms with Crippen molar-refractivity contribution in [2.24, 2.45) is 11.5 Å². The Morgan fingerprint density at radius 2 is 0.723 bits per heavy atom. The molecule has 0 radical (unpaired) electrons. The Labute approximate surface area is 251 Å². The molecule has 47 heavy (non-hydrogen) atoms. The molecule has 0 spiro atoms.